The minimum absolute atomic E-state index is 0.469. The SMILES string of the molecule is [O-]C1CCCC=C1Br. The fourth-order valence-electron chi connectivity index (χ4n) is 0.813. The third kappa shape index (κ3) is 1.33. The van der Waals surface area contributed by atoms with Crippen LogP contribution in [0.15, 0.2) is 10.6 Å². The molecule has 0 aromatic heterocycles. The summed E-state index contributed by atoms with van der Waals surface area (Å²) in [6.07, 6.45) is 4.43. The van der Waals surface area contributed by atoms with E-state index in [2.05, 4.69) is 15.9 Å². The molecule has 1 unspecified atom stereocenters. The van der Waals surface area contributed by atoms with Crippen molar-refractivity contribution in [1.82, 2.24) is 0 Å². The van der Waals surface area contributed by atoms with E-state index in [-0.39, 0.29) is 0 Å². The predicted octanol–water partition coefficient (Wildman–Crippen LogP) is 1.18. The van der Waals surface area contributed by atoms with Crippen molar-refractivity contribution in [3.63, 3.8) is 0 Å². The number of halogens is 1. The maximum absolute atomic E-state index is 10.8. The standard InChI is InChI=1S/C6H8BrO/c7-5-3-1-2-4-6(5)8/h3,6H,1-2,4H2/q-1. The molecule has 2 heteroatoms. The Hall–Kier alpha value is 0.180. The molecule has 1 atom stereocenters. The molecule has 0 aromatic rings. The Morgan fingerprint density at radius 1 is 1.75 bits per heavy atom. The van der Waals surface area contributed by atoms with Crippen LogP contribution in [0.5, 0.6) is 0 Å². The lowest BCUT2D eigenvalue weighted by Crippen LogP contribution is -2.26. The molecule has 0 heterocycles. The highest BCUT2D eigenvalue weighted by atomic mass is 79.9. The van der Waals surface area contributed by atoms with Gasteiger partial charge in [0.1, 0.15) is 0 Å². The Balaban J connectivity index is 2.53. The summed E-state index contributed by atoms with van der Waals surface area (Å²) in [5, 5.41) is 10.8. The predicted molar refractivity (Wildman–Crippen MR) is 34.6 cm³/mol. The molecule has 1 aliphatic rings. The second-order valence-corrected chi connectivity index (χ2v) is 2.92. The molecule has 1 rings (SSSR count). The van der Waals surface area contributed by atoms with Gasteiger partial charge in [-0.2, -0.15) is 0 Å². The molecule has 0 radical (unpaired) electrons. The molecule has 0 spiro atoms. The molecule has 1 aliphatic carbocycles. The first-order chi connectivity index (χ1) is 3.80. The number of hydrogen-bond donors (Lipinski definition) is 0. The van der Waals surface area contributed by atoms with E-state index < -0.39 is 6.10 Å². The van der Waals surface area contributed by atoms with Crippen LogP contribution in [-0.4, -0.2) is 6.10 Å². The maximum atomic E-state index is 10.8. The van der Waals surface area contributed by atoms with Crippen LogP contribution < -0.4 is 5.11 Å². The largest absolute Gasteiger partial charge is 0.848 e. The fraction of sp³-hybridized carbons (Fsp3) is 0.667. The van der Waals surface area contributed by atoms with Crippen molar-refractivity contribution in [1.29, 1.82) is 0 Å². The summed E-state index contributed by atoms with van der Waals surface area (Å²) in [7, 11) is 0. The van der Waals surface area contributed by atoms with E-state index in [1.165, 1.54) is 0 Å². The van der Waals surface area contributed by atoms with Gasteiger partial charge in [-0.3, -0.25) is 0 Å². The van der Waals surface area contributed by atoms with Crippen LogP contribution in [0.25, 0.3) is 0 Å². The molecule has 0 aromatic carbocycles. The van der Waals surface area contributed by atoms with Crippen LogP contribution in [0.1, 0.15) is 19.3 Å². The molecule has 8 heavy (non-hydrogen) atoms. The zero-order valence-corrected chi connectivity index (χ0v) is 6.15. The van der Waals surface area contributed by atoms with Crippen molar-refractivity contribution in [2.45, 2.75) is 25.4 Å². The fourth-order valence-corrected chi connectivity index (χ4v) is 1.27. The number of hydrogen-bond acceptors (Lipinski definition) is 1. The summed E-state index contributed by atoms with van der Waals surface area (Å²) in [6, 6.07) is 0. The first kappa shape index (κ1) is 6.30. The smallest absolute Gasteiger partial charge is 0.0224 e. The average Bonchev–Trinajstić information content (AvgIpc) is 1.77. The summed E-state index contributed by atoms with van der Waals surface area (Å²) in [6.45, 7) is 0. The molecule has 0 saturated carbocycles. The van der Waals surface area contributed by atoms with Crippen LogP contribution in [0, 0.1) is 0 Å². The van der Waals surface area contributed by atoms with Gasteiger partial charge >= 0.3 is 0 Å². The summed E-state index contributed by atoms with van der Waals surface area (Å²) < 4.78 is 0.851. The van der Waals surface area contributed by atoms with E-state index in [9.17, 15) is 5.11 Å². The molecular formula is C6H8BrO-. The lowest BCUT2D eigenvalue weighted by atomic mass is 10.1. The van der Waals surface area contributed by atoms with Crippen molar-refractivity contribution in [2.24, 2.45) is 0 Å². The van der Waals surface area contributed by atoms with Crippen molar-refractivity contribution in [3.05, 3.63) is 10.6 Å². The summed E-state index contributed by atoms with van der Waals surface area (Å²) in [4.78, 5) is 0. The second kappa shape index (κ2) is 2.65. The van der Waals surface area contributed by atoms with Gasteiger partial charge in [0.2, 0.25) is 0 Å². The van der Waals surface area contributed by atoms with Crippen molar-refractivity contribution in [2.75, 3.05) is 0 Å². The summed E-state index contributed by atoms with van der Waals surface area (Å²) in [5.41, 5.74) is 0. The van der Waals surface area contributed by atoms with Gasteiger partial charge in [-0.15, -0.1) is 0 Å². The first-order valence-electron chi connectivity index (χ1n) is 2.82. The monoisotopic (exact) mass is 175 g/mol. The van der Waals surface area contributed by atoms with Crippen LogP contribution in [0.2, 0.25) is 0 Å². The average molecular weight is 176 g/mol. The van der Waals surface area contributed by atoms with Gasteiger partial charge in [-0.05, 0) is 10.9 Å². The molecule has 0 aliphatic heterocycles. The van der Waals surface area contributed by atoms with Gasteiger partial charge in [-0.25, -0.2) is 0 Å². The quantitative estimate of drug-likeness (QED) is 0.543. The minimum atomic E-state index is -0.469. The second-order valence-electron chi connectivity index (χ2n) is 2.01. The van der Waals surface area contributed by atoms with E-state index >= 15 is 0 Å². The van der Waals surface area contributed by atoms with Gasteiger partial charge in [-0.1, -0.05) is 41.0 Å². The van der Waals surface area contributed by atoms with Crippen LogP contribution in [0.3, 0.4) is 0 Å². The molecule has 0 amide bonds. The lowest BCUT2D eigenvalue weighted by molar-refractivity contribution is -0.406. The van der Waals surface area contributed by atoms with Gasteiger partial charge in [0.05, 0.1) is 0 Å². The highest BCUT2D eigenvalue weighted by Crippen LogP contribution is 2.20. The normalized spacial score (nSPS) is 29.8. The Kier molecular flexibility index (Phi) is 2.08. The van der Waals surface area contributed by atoms with Crippen LogP contribution >= 0.6 is 15.9 Å². The molecular weight excluding hydrogens is 168 g/mol. The van der Waals surface area contributed by atoms with Gasteiger partial charge < -0.3 is 5.11 Å². The van der Waals surface area contributed by atoms with E-state index in [4.69, 9.17) is 0 Å². The third-order valence-electron chi connectivity index (χ3n) is 1.32. The molecule has 0 fully saturated rings. The van der Waals surface area contributed by atoms with Gasteiger partial charge in [0.25, 0.3) is 0 Å². The lowest BCUT2D eigenvalue weighted by Gasteiger charge is -2.24. The number of allylic oxidation sites excluding steroid dienone is 1. The summed E-state index contributed by atoms with van der Waals surface area (Å²) >= 11 is 3.20. The van der Waals surface area contributed by atoms with Gasteiger partial charge in [0, 0.05) is 0 Å². The Labute approximate surface area is 57.5 Å². The third-order valence-corrected chi connectivity index (χ3v) is 2.15. The Bertz CT molecular complexity index is 109. The van der Waals surface area contributed by atoms with Crippen molar-refractivity contribution >= 4 is 15.9 Å². The molecule has 46 valence electrons. The maximum Gasteiger partial charge on any atom is -0.0224 e. The van der Waals surface area contributed by atoms with Crippen molar-refractivity contribution in [3.8, 4) is 0 Å². The van der Waals surface area contributed by atoms with Crippen LogP contribution in [0.4, 0.5) is 0 Å². The molecule has 0 saturated heterocycles. The highest BCUT2D eigenvalue weighted by molar-refractivity contribution is 9.11. The topological polar surface area (TPSA) is 23.1 Å². The Morgan fingerprint density at radius 3 is 2.88 bits per heavy atom. The summed E-state index contributed by atoms with van der Waals surface area (Å²) in [5.74, 6) is 0. The van der Waals surface area contributed by atoms with Gasteiger partial charge in [0.15, 0.2) is 0 Å². The molecule has 0 bridgehead atoms. The van der Waals surface area contributed by atoms with E-state index in [0.29, 0.717) is 0 Å². The van der Waals surface area contributed by atoms with Crippen LogP contribution in [-0.2, 0) is 0 Å². The number of rotatable bonds is 0. The zero-order valence-electron chi connectivity index (χ0n) is 4.56. The van der Waals surface area contributed by atoms with Crippen molar-refractivity contribution < 1.29 is 5.11 Å². The van der Waals surface area contributed by atoms with E-state index in [1.54, 1.807) is 0 Å². The first-order valence-corrected chi connectivity index (χ1v) is 3.61. The molecule has 1 nitrogen and oxygen atoms in total. The van der Waals surface area contributed by atoms with E-state index in [1.807, 2.05) is 6.08 Å². The minimum Gasteiger partial charge on any atom is -0.848 e. The molecule has 0 N–H and O–H groups in total. The highest BCUT2D eigenvalue weighted by Gasteiger charge is 2.02. The Morgan fingerprint density at radius 2 is 2.50 bits per heavy atom. The zero-order chi connectivity index (χ0) is 5.98. The van der Waals surface area contributed by atoms with E-state index in [0.717, 1.165) is 23.7 Å².